The van der Waals surface area contributed by atoms with Crippen molar-refractivity contribution < 1.29 is 14.3 Å². The molecule has 0 bridgehead atoms. The summed E-state index contributed by atoms with van der Waals surface area (Å²) in [6.45, 7) is 2.75. The highest BCUT2D eigenvalue weighted by molar-refractivity contribution is 6.01. The zero-order valence-electron chi connectivity index (χ0n) is 11.1. The topological polar surface area (TPSA) is 35.5 Å². The lowest BCUT2D eigenvalue weighted by molar-refractivity contribution is -0.114. The van der Waals surface area contributed by atoms with Crippen LogP contribution < -0.4 is 4.74 Å². The van der Waals surface area contributed by atoms with Gasteiger partial charge < -0.3 is 9.47 Å². The third-order valence-corrected chi connectivity index (χ3v) is 3.65. The molecular weight excluding hydrogens is 240 g/mol. The van der Waals surface area contributed by atoms with Crippen molar-refractivity contribution in [3.05, 3.63) is 35.4 Å². The van der Waals surface area contributed by atoms with E-state index in [0.29, 0.717) is 6.42 Å². The van der Waals surface area contributed by atoms with E-state index in [1.54, 1.807) is 6.08 Å². The van der Waals surface area contributed by atoms with Gasteiger partial charge >= 0.3 is 0 Å². The molecule has 1 atom stereocenters. The Hall–Kier alpha value is -1.61. The molecule has 1 fully saturated rings. The molecule has 0 unspecified atom stereocenters. The van der Waals surface area contributed by atoms with Gasteiger partial charge in [-0.15, -0.1) is 0 Å². The smallest absolute Gasteiger partial charge is 0.199 e. The molecule has 100 valence electrons. The molecule has 1 aromatic carbocycles. The van der Waals surface area contributed by atoms with E-state index in [4.69, 9.17) is 9.47 Å². The van der Waals surface area contributed by atoms with Crippen LogP contribution in [-0.4, -0.2) is 18.7 Å². The minimum atomic E-state index is -0.136. The minimum absolute atomic E-state index is 0.136. The Labute approximate surface area is 113 Å². The van der Waals surface area contributed by atoms with E-state index in [0.717, 1.165) is 48.3 Å². The van der Waals surface area contributed by atoms with E-state index >= 15 is 0 Å². The summed E-state index contributed by atoms with van der Waals surface area (Å²) in [5.74, 6) is 0.962. The SMILES string of the molecule is CC1=CC(=O)Cc2cc(O[C@H]3CCCCO3)ccc21. The maximum atomic E-state index is 11.6. The van der Waals surface area contributed by atoms with Crippen molar-refractivity contribution in [2.75, 3.05) is 6.61 Å². The average molecular weight is 258 g/mol. The van der Waals surface area contributed by atoms with Crippen LogP contribution in [0.1, 0.15) is 37.3 Å². The van der Waals surface area contributed by atoms with E-state index in [-0.39, 0.29) is 12.1 Å². The molecule has 1 saturated heterocycles. The van der Waals surface area contributed by atoms with Gasteiger partial charge in [-0.2, -0.15) is 0 Å². The monoisotopic (exact) mass is 258 g/mol. The molecule has 0 saturated carbocycles. The van der Waals surface area contributed by atoms with Crippen LogP contribution in [-0.2, 0) is 16.0 Å². The molecule has 0 aromatic heterocycles. The number of carbonyl (C=O) groups excluding carboxylic acids is 1. The number of ketones is 1. The maximum Gasteiger partial charge on any atom is 0.199 e. The molecule has 2 aliphatic rings. The maximum absolute atomic E-state index is 11.6. The first-order valence-electron chi connectivity index (χ1n) is 6.85. The highest BCUT2D eigenvalue weighted by Gasteiger charge is 2.18. The first kappa shape index (κ1) is 12.4. The fraction of sp³-hybridized carbons (Fsp3) is 0.438. The van der Waals surface area contributed by atoms with Gasteiger partial charge in [0.05, 0.1) is 6.61 Å². The van der Waals surface area contributed by atoms with Gasteiger partial charge in [0.2, 0.25) is 0 Å². The summed E-state index contributed by atoms with van der Waals surface area (Å²) < 4.78 is 11.4. The van der Waals surface area contributed by atoms with Gasteiger partial charge in [0.1, 0.15) is 5.75 Å². The highest BCUT2D eigenvalue weighted by atomic mass is 16.7. The minimum Gasteiger partial charge on any atom is -0.465 e. The number of fused-ring (bicyclic) bond motifs is 1. The van der Waals surface area contributed by atoms with Crippen LogP contribution in [0.3, 0.4) is 0 Å². The lowest BCUT2D eigenvalue weighted by atomic mass is 9.91. The Kier molecular flexibility index (Phi) is 3.38. The van der Waals surface area contributed by atoms with Gasteiger partial charge in [-0.25, -0.2) is 0 Å². The molecule has 19 heavy (non-hydrogen) atoms. The largest absolute Gasteiger partial charge is 0.465 e. The predicted molar refractivity (Wildman–Crippen MR) is 73.0 cm³/mol. The summed E-state index contributed by atoms with van der Waals surface area (Å²) >= 11 is 0. The van der Waals surface area contributed by atoms with Crippen LogP contribution >= 0.6 is 0 Å². The number of allylic oxidation sites excluding steroid dienone is 2. The van der Waals surface area contributed by atoms with Crippen LogP contribution in [0.4, 0.5) is 0 Å². The summed E-state index contributed by atoms with van der Waals surface area (Å²) in [5, 5.41) is 0. The molecule has 3 heteroatoms. The van der Waals surface area contributed by atoms with Crippen molar-refractivity contribution >= 4 is 11.4 Å². The van der Waals surface area contributed by atoms with Crippen molar-refractivity contribution in [3.8, 4) is 5.75 Å². The number of hydrogen-bond donors (Lipinski definition) is 0. The third kappa shape index (κ3) is 2.71. The molecule has 0 N–H and O–H groups in total. The molecule has 0 radical (unpaired) electrons. The molecular formula is C16H18O3. The Bertz CT molecular complexity index is 525. The van der Waals surface area contributed by atoms with Gasteiger partial charge in [-0.3, -0.25) is 4.79 Å². The summed E-state index contributed by atoms with van der Waals surface area (Å²) in [6, 6.07) is 5.97. The van der Waals surface area contributed by atoms with Gasteiger partial charge in [0.25, 0.3) is 0 Å². The number of ether oxygens (including phenoxy) is 2. The lowest BCUT2D eigenvalue weighted by Crippen LogP contribution is -2.25. The van der Waals surface area contributed by atoms with Gasteiger partial charge in [-0.05, 0) is 54.7 Å². The second-order valence-corrected chi connectivity index (χ2v) is 5.20. The van der Waals surface area contributed by atoms with Crippen molar-refractivity contribution in [2.24, 2.45) is 0 Å². The van der Waals surface area contributed by atoms with Crippen molar-refractivity contribution in [3.63, 3.8) is 0 Å². The van der Waals surface area contributed by atoms with E-state index < -0.39 is 0 Å². The highest BCUT2D eigenvalue weighted by Crippen LogP contribution is 2.29. The van der Waals surface area contributed by atoms with Crippen LogP contribution in [0, 0.1) is 0 Å². The number of carbonyl (C=O) groups is 1. The zero-order chi connectivity index (χ0) is 13.2. The Morgan fingerprint density at radius 3 is 3.00 bits per heavy atom. The molecule has 3 nitrogen and oxygen atoms in total. The Morgan fingerprint density at radius 2 is 2.21 bits per heavy atom. The van der Waals surface area contributed by atoms with E-state index in [2.05, 4.69) is 0 Å². The summed E-state index contributed by atoms with van der Waals surface area (Å²) in [7, 11) is 0. The second kappa shape index (κ2) is 5.17. The van der Waals surface area contributed by atoms with Crippen LogP contribution in [0.15, 0.2) is 24.3 Å². The number of rotatable bonds is 2. The standard InChI is InChI=1S/C16H18O3/c1-11-8-13(17)9-12-10-14(5-6-15(11)12)19-16-4-2-3-7-18-16/h5-6,8,10,16H,2-4,7,9H2,1H3/t16-/m0/s1. The first-order valence-corrected chi connectivity index (χ1v) is 6.85. The second-order valence-electron chi connectivity index (χ2n) is 5.20. The van der Waals surface area contributed by atoms with Crippen molar-refractivity contribution in [2.45, 2.75) is 38.9 Å². The van der Waals surface area contributed by atoms with Crippen molar-refractivity contribution in [1.29, 1.82) is 0 Å². The Morgan fingerprint density at radius 1 is 1.32 bits per heavy atom. The zero-order valence-corrected chi connectivity index (χ0v) is 11.1. The molecule has 1 aromatic rings. The lowest BCUT2D eigenvalue weighted by Gasteiger charge is -2.24. The molecule has 1 aliphatic carbocycles. The Balaban J connectivity index is 1.79. The normalized spacial score (nSPS) is 22.7. The summed E-state index contributed by atoms with van der Waals surface area (Å²) in [5.41, 5.74) is 3.24. The predicted octanol–water partition coefficient (Wildman–Crippen LogP) is 3.12. The van der Waals surface area contributed by atoms with Crippen LogP contribution in [0.5, 0.6) is 5.75 Å². The molecule has 3 rings (SSSR count). The summed E-state index contributed by atoms with van der Waals surface area (Å²) in [6.07, 6.45) is 5.25. The van der Waals surface area contributed by atoms with Crippen LogP contribution in [0.2, 0.25) is 0 Å². The molecule has 0 amide bonds. The fourth-order valence-corrected chi connectivity index (χ4v) is 2.69. The summed E-state index contributed by atoms with van der Waals surface area (Å²) in [4.78, 5) is 11.6. The van der Waals surface area contributed by atoms with E-state index in [1.807, 2.05) is 25.1 Å². The fourth-order valence-electron chi connectivity index (χ4n) is 2.69. The average Bonchev–Trinajstić information content (AvgIpc) is 2.39. The number of hydrogen-bond acceptors (Lipinski definition) is 3. The molecule has 1 heterocycles. The third-order valence-electron chi connectivity index (χ3n) is 3.65. The quantitative estimate of drug-likeness (QED) is 0.817. The number of benzene rings is 1. The van der Waals surface area contributed by atoms with Gasteiger partial charge in [-0.1, -0.05) is 6.07 Å². The van der Waals surface area contributed by atoms with Crippen molar-refractivity contribution in [1.82, 2.24) is 0 Å². The van der Waals surface area contributed by atoms with E-state index in [9.17, 15) is 4.79 Å². The van der Waals surface area contributed by atoms with Gasteiger partial charge in [0, 0.05) is 12.8 Å². The molecule has 1 aliphatic heterocycles. The van der Waals surface area contributed by atoms with Crippen LogP contribution in [0.25, 0.3) is 5.57 Å². The first-order chi connectivity index (χ1) is 9.22. The van der Waals surface area contributed by atoms with Gasteiger partial charge in [0.15, 0.2) is 12.1 Å². The molecule has 0 spiro atoms. The van der Waals surface area contributed by atoms with E-state index in [1.165, 1.54) is 0 Å².